The summed E-state index contributed by atoms with van der Waals surface area (Å²) in [4.78, 5) is 33.7. The lowest BCUT2D eigenvalue weighted by Gasteiger charge is -2.20. The molecule has 0 aliphatic heterocycles. The Morgan fingerprint density at radius 1 is 1.14 bits per heavy atom. The first-order valence-corrected chi connectivity index (χ1v) is 9.22. The molecule has 6 heteroatoms. The Balaban J connectivity index is 1.68. The van der Waals surface area contributed by atoms with Gasteiger partial charge in [0, 0.05) is 18.3 Å². The number of carbonyl (C=O) groups excluding carboxylic acids is 1. The number of aromatic amines is 1. The molecule has 1 N–H and O–H groups in total. The Bertz CT molecular complexity index is 999. The lowest BCUT2D eigenvalue weighted by Crippen LogP contribution is -2.37. The highest BCUT2D eigenvalue weighted by Gasteiger charge is 2.18. The van der Waals surface area contributed by atoms with Gasteiger partial charge >= 0.3 is 0 Å². The molecule has 0 spiro atoms. The molecule has 0 unspecified atom stereocenters. The molecule has 0 atom stereocenters. The minimum Gasteiger partial charge on any atom is -0.492 e. The normalized spacial score (nSPS) is 10.5. The zero-order valence-corrected chi connectivity index (χ0v) is 16.0. The predicted molar refractivity (Wildman–Crippen MR) is 109 cm³/mol. The fourth-order valence-corrected chi connectivity index (χ4v) is 2.84. The lowest BCUT2D eigenvalue weighted by molar-refractivity contribution is 0.0737. The summed E-state index contributed by atoms with van der Waals surface area (Å²) in [5.74, 6) is 0.840. The van der Waals surface area contributed by atoms with Gasteiger partial charge in [-0.1, -0.05) is 42.5 Å². The number of aromatic nitrogens is 2. The predicted octanol–water partition coefficient (Wildman–Crippen LogP) is 3.29. The van der Waals surface area contributed by atoms with Crippen molar-refractivity contribution in [2.45, 2.75) is 13.8 Å². The number of likely N-dealkylation sites (N-methyl/N-ethyl adjacent to an activating group) is 1. The molecule has 1 amide bonds. The maximum absolute atomic E-state index is 12.8. The Morgan fingerprint density at radius 2 is 1.93 bits per heavy atom. The van der Waals surface area contributed by atoms with Crippen LogP contribution in [-0.4, -0.2) is 40.5 Å². The van der Waals surface area contributed by atoms with Gasteiger partial charge in [-0.05, 0) is 31.5 Å². The van der Waals surface area contributed by atoms with Gasteiger partial charge in [0.05, 0.1) is 6.54 Å². The van der Waals surface area contributed by atoms with Gasteiger partial charge in [-0.25, -0.2) is 4.98 Å². The van der Waals surface area contributed by atoms with Gasteiger partial charge in [0.2, 0.25) is 0 Å². The minimum absolute atomic E-state index is 0.0251. The molecule has 0 radical (unpaired) electrons. The second kappa shape index (κ2) is 8.99. The van der Waals surface area contributed by atoms with Gasteiger partial charge in [0.15, 0.2) is 0 Å². The molecule has 0 aliphatic rings. The van der Waals surface area contributed by atoms with E-state index in [-0.39, 0.29) is 11.5 Å². The van der Waals surface area contributed by atoms with Crippen LogP contribution in [-0.2, 0) is 0 Å². The molecule has 3 aromatic rings. The number of hydrogen-bond acceptors (Lipinski definition) is 4. The first kappa shape index (κ1) is 19.4. The Hall–Kier alpha value is -3.41. The summed E-state index contributed by atoms with van der Waals surface area (Å²) in [5.41, 5.74) is 1.48. The molecule has 0 saturated carbocycles. The third kappa shape index (κ3) is 4.65. The van der Waals surface area contributed by atoms with Crippen molar-refractivity contribution < 1.29 is 9.53 Å². The van der Waals surface area contributed by atoms with Crippen molar-refractivity contribution in [2.75, 3.05) is 19.7 Å². The summed E-state index contributed by atoms with van der Waals surface area (Å²) >= 11 is 0. The smallest absolute Gasteiger partial charge is 0.264 e. The number of carbonyl (C=O) groups is 1. The number of H-pyrrole nitrogens is 1. The van der Waals surface area contributed by atoms with Gasteiger partial charge in [0.1, 0.15) is 23.7 Å². The first-order chi connectivity index (χ1) is 13.6. The van der Waals surface area contributed by atoms with Crippen molar-refractivity contribution in [3.63, 3.8) is 0 Å². The van der Waals surface area contributed by atoms with Crippen LogP contribution in [0.4, 0.5) is 0 Å². The summed E-state index contributed by atoms with van der Waals surface area (Å²) in [7, 11) is 0. The van der Waals surface area contributed by atoms with Gasteiger partial charge in [0.25, 0.3) is 11.5 Å². The van der Waals surface area contributed by atoms with Crippen molar-refractivity contribution in [3.05, 3.63) is 82.3 Å². The largest absolute Gasteiger partial charge is 0.492 e. The molecule has 1 aromatic heterocycles. The molecule has 144 valence electrons. The van der Waals surface area contributed by atoms with Crippen LogP contribution in [0.5, 0.6) is 5.75 Å². The Morgan fingerprint density at radius 3 is 2.61 bits per heavy atom. The van der Waals surface area contributed by atoms with Crippen LogP contribution in [0.3, 0.4) is 0 Å². The van der Waals surface area contributed by atoms with Crippen LogP contribution < -0.4 is 10.3 Å². The number of amides is 1. The average Bonchev–Trinajstić information content (AvgIpc) is 2.71. The van der Waals surface area contributed by atoms with E-state index in [1.54, 1.807) is 4.90 Å². The number of benzene rings is 2. The number of rotatable bonds is 7. The zero-order chi connectivity index (χ0) is 19.9. The maximum Gasteiger partial charge on any atom is 0.264 e. The summed E-state index contributed by atoms with van der Waals surface area (Å²) < 4.78 is 5.72. The van der Waals surface area contributed by atoms with Crippen LogP contribution in [0.2, 0.25) is 0 Å². The third-order valence-corrected chi connectivity index (χ3v) is 4.37. The molecule has 0 fully saturated rings. The minimum atomic E-state index is -0.447. The van der Waals surface area contributed by atoms with Crippen molar-refractivity contribution >= 4 is 5.91 Å². The van der Waals surface area contributed by atoms with Crippen LogP contribution in [0, 0.1) is 6.92 Å². The average molecular weight is 377 g/mol. The van der Waals surface area contributed by atoms with E-state index in [2.05, 4.69) is 9.97 Å². The first-order valence-electron chi connectivity index (χ1n) is 9.22. The van der Waals surface area contributed by atoms with Crippen LogP contribution in [0.15, 0.2) is 65.6 Å². The van der Waals surface area contributed by atoms with E-state index < -0.39 is 5.56 Å². The standard InChI is InChI=1S/C22H23N3O3/c1-3-25(12-13-28-18-11-7-8-16(2)14-18)22(27)19-15-23-20(24-21(19)26)17-9-5-4-6-10-17/h4-11,14-15H,3,12-13H2,1-2H3,(H,23,24,26). The molecule has 0 aliphatic carbocycles. The number of ether oxygens (including phenoxy) is 1. The Kier molecular flexibility index (Phi) is 6.22. The fourth-order valence-electron chi connectivity index (χ4n) is 2.84. The van der Waals surface area contributed by atoms with Crippen LogP contribution >= 0.6 is 0 Å². The molecule has 0 saturated heterocycles. The van der Waals surface area contributed by atoms with Crippen molar-refractivity contribution in [2.24, 2.45) is 0 Å². The highest BCUT2D eigenvalue weighted by Crippen LogP contribution is 2.13. The summed E-state index contributed by atoms with van der Waals surface area (Å²) in [6.07, 6.45) is 1.34. The van der Waals surface area contributed by atoms with Gasteiger partial charge in [-0.15, -0.1) is 0 Å². The summed E-state index contributed by atoms with van der Waals surface area (Å²) in [5, 5.41) is 0. The molecular formula is C22H23N3O3. The fraction of sp³-hybridized carbons (Fsp3) is 0.227. The van der Waals surface area contributed by atoms with E-state index >= 15 is 0 Å². The highest BCUT2D eigenvalue weighted by molar-refractivity contribution is 5.93. The summed E-state index contributed by atoms with van der Waals surface area (Å²) in [6, 6.07) is 17.0. The monoisotopic (exact) mass is 377 g/mol. The van der Waals surface area contributed by atoms with Crippen LogP contribution in [0.1, 0.15) is 22.8 Å². The van der Waals surface area contributed by atoms with Gasteiger partial charge < -0.3 is 14.6 Å². The quantitative estimate of drug-likeness (QED) is 0.686. The van der Waals surface area contributed by atoms with E-state index in [1.807, 2.05) is 68.4 Å². The molecule has 3 rings (SSSR count). The SMILES string of the molecule is CCN(CCOc1cccc(C)c1)C(=O)c1cnc(-c2ccccc2)[nH]c1=O. The molecule has 6 nitrogen and oxygen atoms in total. The van der Waals surface area contributed by atoms with E-state index in [1.165, 1.54) is 6.20 Å². The van der Waals surface area contributed by atoms with E-state index in [4.69, 9.17) is 4.74 Å². The second-order valence-corrected chi connectivity index (χ2v) is 6.39. The second-order valence-electron chi connectivity index (χ2n) is 6.39. The molecular weight excluding hydrogens is 354 g/mol. The maximum atomic E-state index is 12.8. The van der Waals surface area contributed by atoms with Gasteiger partial charge in [-0.3, -0.25) is 9.59 Å². The van der Waals surface area contributed by atoms with Crippen molar-refractivity contribution in [3.8, 4) is 17.1 Å². The number of nitrogens with zero attached hydrogens (tertiary/aromatic N) is 2. The van der Waals surface area contributed by atoms with E-state index in [0.29, 0.717) is 25.5 Å². The molecule has 28 heavy (non-hydrogen) atoms. The third-order valence-electron chi connectivity index (χ3n) is 4.37. The summed E-state index contributed by atoms with van der Waals surface area (Å²) in [6.45, 7) is 5.05. The zero-order valence-electron chi connectivity index (χ0n) is 16.0. The number of nitrogens with one attached hydrogen (secondary N) is 1. The van der Waals surface area contributed by atoms with E-state index in [0.717, 1.165) is 16.9 Å². The van der Waals surface area contributed by atoms with E-state index in [9.17, 15) is 9.59 Å². The molecule has 2 aromatic carbocycles. The van der Waals surface area contributed by atoms with Crippen molar-refractivity contribution in [1.82, 2.24) is 14.9 Å². The van der Waals surface area contributed by atoms with Crippen molar-refractivity contribution in [1.29, 1.82) is 0 Å². The van der Waals surface area contributed by atoms with Gasteiger partial charge in [-0.2, -0.15) is 0 Å². The number of aryl methyl sites for hydroxylation is 1. The number of hydrogen-bond donors (Lipinski definition) is 1. The Labute approximate surface area is 163 Å². The lowest BCUT2D eigenvalue weighted by atomic mass is 10.2. The molecule has 1 heterocycles. The molecule has 0 bridgehead atoms. The highest BCUT2D eigenvalue weighted by atomic mass is 16.5. The van der Waals surface area contributed by atoms with Crippen LogP contribution in [0.25, 0.3) is 11.4 Å². The topological polar surface area (TPSA) is 75.3 Å².